The van der Waals surface area contributed by atoms with Crippen molar-refractivity contribution < 1.29 is 4.79 Å². The van der Waals surface area contributed by atoms with Gasteiger partial charge >= 0.3 is 0 Å². The minimum atomic E-state index is 0.0639. The van der Waals surface area contributed by atoms with Crippen LogP contribution in [0.15, 0.2) is 24.3 Å². The third-order valence-electron chi connectivity index (χ3n) is 1.68. The summed E-state index contributed by atoms with van der Waals surface area (Å²) in [6.45, 7) is 0. The predicted octanol–water partition coefficient (Wildman–Crippen LogP) is 2.47. The average molecular weight is 215 g/mol. The number of ketones is 1. The molecule has 1 rings (SSSR count). The van der Waals surface area contributed by atoms with Crippen LogP contribution in [0.1, 0.15) is 12.8 Å². The van der Waals surface area contributed by atoms with Crippen LogP contribution < -0.4 is 0 Å². The summed E-state index contributed by atoms with van der Waals surface area (Å²) in [5.41, 5.74) is 0. The van der Waals surface area contributed by atoms with Gasteiger partial charge in [-0.2, -0.15) is 0 Å². The molecule has 0 spiro atoms. The number of Topliss-reactive ketones (excluding diaryl/α,β-unsaturated/α-hetero) is 1. The van der Waals surface area contributed by atoms with E-state index in [4.69, 9.17) is 0 Å². The van der Waals surface area contributed by atoms with Crippen molar-refractivity contribution in [3.05, 3.63) is 24.3 Å². The van der Waals surface area contributed by atoms with E-state index in [0.29, 0.717) is 12.2 Å². The summed E-state index contributed by atoms with van der Waals surface area (Å²) in [4.78, 5) is 11.3. The molecule has 0 aromatic rings. The van der Waals surface area contributed by atoms with Gasteiger partial charge in [0.2, 0.25) is 0 Å². The Balaban J connectivity index is 2.30. The molecule has 1 aliphatic carbocycles. The molecule has 11 heavy (non-hydrogen) atoms. The highest BCUT2D eigenvalue weighted by Crippen LogP contribution is 2.13. The van der Waals surface area contributed by atoms with Gasteiger partial charge < -0.3 is 0 Å². The number of alkyl halides is 1. The summed E-state index contributed by atoms with van der Waals surface area (Å²) < 4.78 is 0. The highest BCUT2D eigenvalue weighted by atomic mass is 79.9. The molecule has 0 fully saturated rings. The molecule has 0 amide bonds. The Labute approximate surface area is 75.3 Å². The first-order valence-electron chi connectivity index (χ1n) is 3.78. The third kappa shape index (κ3) is 2.62. The SMILES string of the molecule is O=C(CCCBr)C1C=CC=C1. The van der Waals surface area contributed by atoms with Crippen molar-refractivity contribution in [1.29, 1.82) is 0 Å². The molecule has 0 aromatic heterocycles. The van der Waals surface area contributed by atoms with E-state index in [0.717, 1.165) is 11.8 Å². The molecule has 0 N–H and O–H groups in total. The highest BCUT2D eigenvalue weighted by molar-refractivity contribution is 9.09. The maximum Gasteiger partial charge on any atom is 0.143 e. The molecule has 0 saturated carbocycles. The highest BCUT2D eigenvalue weighted by Gasteiger charge is 2.12. The number of hydrogen-bond donors (Lipinski definition) is 0. The lowest BCUT2D eigenvalue weighted by Gasteiger charge is -2.01. The van der Waals surface area contributed by atoms with Crippen molar-refractivity contribution in [3.63, 3.8) is 0 Å². The number of carbonyl (C=O) groups is 1. The molecular formula is C9H11BrO. The zero-order valence-corrected chi connectivity index (χ0v) is 7.88. The fraction of sp³-hybridized carbons (Fsp3) is 0.444. The monoisotopic (exact) mass is 214 g/mol. The minimum absolute atomic E-state index is 0.0639. The summed E-state index contributed by atoms with van der Waals surface area (Å²) in [6.07, 6.45) is 9.36. The molecule has 0 radical (unpaired) electrons. The fourth-order valence-electron chi connectivity index (χ4n) is 1.05. The Hall–Kier alpha value is -0.370. The lowest BCUT2D eigenvalue weighted by molar-refractivity contribution is -0.120. The third-order valence-corrected chi connectivity index (χ3v) is 2.24. The first kappa shape index (κ1) is 8.72. The van der Waals surface area contributed by atoms with Gasteiger partial charge in [-0.25, -0.2) is 0 Å². The van der Waals surface area contributed by atoms with Crippen molar-refractivity contribution in [2.45, 2.75) is 12.8 Å². The molecule has 2 heteroatoms. The average Bonchev–Trinajstić information content (AvgIpc) is 2.52. The van der Waals surface area contributed by atoms with Crippen LogP contribution in [0.25, 0.3) is 0 Å². The summed E-state index contributed by atoms with van der Waals surface area (Å²) in [5, 5.41) is 0.916. The van der Waals surface area contributed by atoms with Crippen LogP contribution in [0, 0.1) is 5.92 Å². The van der Waals surface area contributed by atoms with Crippen LogP contribution in [-0.4, -0.2) is 11.1 Å². The van der Waals surface area contributed by atoms with Crippen molar-refractivity contribution in [2.24, 2.45) is 5.92 Å². The Morgan fingerprint density at radius 3 is 2.55 bits per heavy atom. The van der Waals surface area contributed by atoms with Gasteiger partial charge in [0.1, 0.15) is 5.78 Å². The van der Waals surface area contributed by atoms with Gasteiger partial charge in [-0.15, -0.1) is 0 Å². The largest absolute Gasteiger partial charge is 0.299 e. The van der Waals surface area contributed by atoms with Crippen LogP contribution in [0.4, 0.5) is 0 Å². The van der Waals surface area contributed by atoms with Crippen molar-refractivity contribution in [1.82, 2.24) is 0 Å². The van der Waals surface area contributed by atoms with Gasteiger partial charge in [0.05, 0.1) is 5.92 Å². The molecule has 60 valence electrons. The number of halogens is 1. The second kappa shape index (κ2) is 4.50. The standard InChI is InChI=1S/C9H11BrO/c10-7-3-6-9(11)8-4-1-2-5-8/h1-2,4-5,8H,3,6-7H2. The normalized spacial score (nSPS) is 16.1. The Morgan fingerprint density at radius 2 is 2.00 bits per heavy atom. The molecule has 0 heterocycles. The molecule has 0 atom stereocenters. The summed E-state index contributed by atoms with van der Waals surface area (Å²) in [6, 6.07) is 0. The molecule has 0 saturated heterocycles. The zero-order valence-electron chi connectivity index (χ0n) is 6.29. The van der Waals surface area contributed by atoms with Gasteiger partial charge in [0.15, 0.2) is 0 Å². The molecule has 1 aliphatic rings. The first-order chi connectivity index (χ1) is 5.34. The Bertz CT molecular complexity index is 182. The van der Waals surface area contributed by atoms with E-state index in [9.17, 15) is 4.79 Å². The summed E-state index contributed by atoms with van der Waals surface area (Å²) in [5.74, 6) is 0.392. The van der Waals surface area contributed by atoms with E-state index in [1.165, 1.54) is 0 Å². The maximum atomic E-state index is 11.3. The number of hydrogen-bond acceptors (Lipinski definition) is 1. The van der Waals surface area contributed by atoms with E-state index in [-0.39, 0.29) is 5.92 Å². The van der Waals surface area contributed by atoms with Crippen LogP contribution in [-0.2, 0) is 4.79 Å². The second-order valence-electron chi connectivity index (χ2n) is 2.55. The van der Waals surface area contributed by atoms with Gasteiger partial charge in [-0.05, 0) is 6.42 Å². The molecule has 0 bridgehead atoms. The molecule has 0 aliphatic heterocycles. The Kier molecular flexibility index (Phi) is 3.57. The van der Waals surface area contributed by atoms with E-state index in [1.54, 1.807) is 0 Å². The molecule has 0 aromatic carbocycles. The van der Waals surface area contributed by atoms with Gasteiger partial charge in [0.25, 0.3) is 0 Å². The van der Waals surface area contributed by atoms with E-state index in [2.05, 4.69) is 15.9 Å². The number of allylic oxidation sites excluding steroid dienone is 4. The fourth-order valence-corrected chi connectivity index (χ4v) is 1.33. The van der Waals surface area contributed by atoms with E-state index < -0.39 is 0 Å². The molecule has 0 unspecified atom stereocenters. The maximum absolute atomic E-state index is 11.3. The van der Waals surface area contributed by atoms with Gasteiger partial charge in [-0.1, -0.05) is 40.2 Å². The van der Waals surface area contributed by atoms with Crippen LogP contribution in [0.5, 0.6) is 0 Å². The summed E-state index contributed by atoms with van der Waals surface area (Å²) in [7, 11) is 0. The van der Waals surface area contributed by atoms with Crippen molar-refractivity contribution in [2.75, 3.05) is 5.33 Å². The van der Waals surface area contributed by atoms with E-state index >= 15 is 0 Å². The smallest absolute Gasteiger partial charge is 0.143 e. The van der Waals surface area contributed by atoms with Crippen LogP contribution >= 0.6 is 15.9 Å². The Morgan fingerprint density at radius 1 is 1.36 bits per heavy atom. The van der Waals surface area contributed by atoms with E-state index in [1.807, 2.05) is 24.3 Å². The number of rotatable bonds is 4. The zero-order chi connectivity index (χ0) is 8.10. The minimum Gasteiger partial charge on any atom is -0.299 e. The first-order valence-corrected chi connectivity index (χ1v) is 4.90. The predicted molar refractivity (Wildman–Crippen MR) is 49.8 cm³/mol. The van der Waals surface area contributed by atoms with Crippen LogP contribution in [0.3, 0.4) is 0 Å². The summed E-state index contributed by atoms with van der Waals surface area (Å²) >= 11 is 3.30. The van der Waals surface area contributed by atoms with Crippen molar-refractivity contribution >= 4 is 21.7 Å². The van der Waals surface area contributed by atoms with Crippen molar-refractivity contribution in [3.8, 4) is 0 Å². The topological polar surface area (TPSA) is 17.1 Å². The lowest BCUT2D eigenvalue weighted by atomic mass is 10.0. The van der Waals surface area contributed by atoms with Gasteiger partial charge in [-0.3, -0.25) is 4.79 Å². The number of carbonyl (C=O) groups excluding carboxylic acids is 1. The molecule has 1 nitrogen and oxygen atoms in total. The molecular weight excluding hydrogens is 204 g/mol. The lowest BCUT2D eigenvalue weighted by Crippen LogP contribution is -2.07. The van der Waals surface area contributed by atoms with Gasteiger partial charge in [0, 0.05) is 11.8 Å². The quantitative estimate of drug-likeness (QED) is 0.658. The second-order valence-corrected chi connectivity index (χ2v) is 3.35. The van der Waals surface area contributed by atoms with Crippen LogP contribution in [0.2, 0.25) is 0 Å².